The van der Waals surface area contributed by atoms with E-state index in [4.69, 9.17) is 16.0 Å². The van der Waals surface area contributed by atoms with Crippen LogP contribution in [0.4, 0.5) is 0 Å². The third-order valence-electron chi connectivity index (χ3n) is 3.70. The first-order valence-corrected chi connectivity index (χ1v) is 7.14. The number of halogens is 1. The Kier molecular flexibility index (Phi) is 3.63. The first kappa shape index (κ1) is 12.8. The van der Waals surface area contributed by atoms with E-state index in [1.807, 2.05) is 24.3 Å². The average Bonchev–Trinajstić information content (AvgIpc) is 2.96. The van der Waals surface area contributed by atoms with E-state index in [2.05, 4.69) is 24.4 Å². The summed E-state index contributed by atoms with van der Waals surface area (Å²) in [6.45, 7) is 3.86. The monoisotopic (exact) mass is 275 g/mol. The predicted molar refractivity (Wildman–Crippen MR) is 77.2 cm³/mol. The van der Waals surface area contributed by atoms with Crippen LogP contribution in [0.5, 0.6) is 0 Å². The van der Waals surface area contributed by atoms with Crippen LogP contribution in [0, 0.1) is 5.92 Å². The van der Waals surface area contributed by atoms with Gasteiger partial charge in [-0.1, -0.05) is 30.7 Å². The number of nitrogens with one attached hydrogen (secondary N) is 1. The molecule has 0 radical (unpaired) electrons. The van der Waals surface area contributed by atoms with Crippen molar-refractivity contribution in [1.29, 1.82) is 0 Å². The number of rotatable bonds is 5. The minimum atomic E-state index is 0.657. The molecule has 1 aliphatic carbocycles. The van der Waals surface area contributed by atoms with E-state index in [-0.39, 0.29) is 0 Å². The fourth-order valence-corrected chi connectivity index (χ4v) is 2.47. The van der Waals surface area contributed by atoms with Crippen molar-refractivity contribution in [3.63, 3.8) is 0 Å². The molecule has 2 unspecified atom stereocenters. The topological polar surface area (TPSA) is 25.2 Å². The second kappa shape index (κ2) is 5.40. The Morgan fingerprint density at radius 2 is 1.89 bits per heavy atom. The lowest BCUT2D eigenvalue weighted by atomic mass is 10.2. The molecular formula is C16H18ClNO. The van der Waals surface area contributed by atoms with Crippen LogP contribution in [-0.2, 0) is 13.1 Å². The van der Waals surface area contributed by atoms with Gasteiger partial charge in [0.1, 0.15) is 11.5 Å². The second-order valence-electron chi connectivity index (χ2n) is 5.35. The fraction of sp³-hybridized carbons (Fsp3) is 0.375. The van der Waals surface area contributed by atoms with Gasteiger partial charge >= 0.3 is 0 Å². The highest BCUT2D eigenvalue weighted by atomic mass is 35.5. The summed E-state index contributed by atoms with van der Waals surface area (Å²) in [5.41, 5.74) is 1.23. The summed E-state index contributed by atoms with van der Waals surface area (Å²) in [4.78, 5) is 0. The molecule has 1 fully saturated rings. The molecule has 2 nitrogen and oxygen atoms in total. The molecule has 0 spiro atoms. The zero-order valence-electron chi connectivity index (χ0n) is 11.0. The van der Waals surface area contributed by atoms with Crippen LogP contribution < -0.4 is 5.32 Å². The van der Waals surface area contributed by atoms with Crippen molar-refractivity contribution in [3.05, 3.63) is 58.5 Å². The van der Waals surface area contributed by atoms with Gasteiger partial charge in [0.05, 0.1) is 6.54 Å². The van der Waals surface area contributed by atoms with Crippen molar-refractivity contribution in [1.82, 2.24) is 5.32 Å². The fourth-order valence-electron chi connectivity index (χ4n) is 2.34. The molecule has 1 heterocycles. The number of hydrogen-bond acceptors (Lipinski definition) is 2. The molecule has 19 heavy (non-hydrogen) atoms. The highest BCUT2D eigenvalue weighted by Crippen LogP contribution is 2.47. The molecule has 3 heteroatoms. The summed E-state index contributed by atoms with van der Waals surface area (Å²) in [5.74, 6) is 3.62. The van der Waals surface area contributed by atoms with Gasteiger partial charge in [0, 0.05) is 17.5 Å². The van der Waals surface area contributed by atoms with Crippen LogP contribution in [0.1, 0.15) is 36.3 Å². The van der Waals surface area contributed by atoms with Crippen LogP contribution in [0.15, 0.2) is 40.8 Å². The largest absolute Gasteiger partial charge is 0.464 e. The van der Waals surface area contributed by atoms with E-state index < -0.39 is 0 Å². The smallest absolute Gasteiger partial charge is 0.117 e. The van der Waals surface area contributed by atoms with Crippen molar-refractivity contribution in [2.75, 3.05) is 0 Å². The SMILES string of the molecule is CC1CC1c1ccc(CNCc2ccc(Cl)cc2)o1. The highest BCUT2D eigenvalue weighted by molar-refractivity contribution is 6.30. The Morgan fingerprint density at radius 3 is 2.58 bits per heavy atom. The summed E-state index contributed by atoms with van der Waals surface area (Å²) in [6, 6.07) is 12.1. The van der Waals surface area contributed by atoms with Gasteiger partial charge in [-0.05, 0) is 42.2 Å². The predicted octanol–water partition coefficient (Wildman–Crippen LogP) is 4.35. The minimum absolute atomic E-state index is 0.657. The molecule has 2 aromatic rings. The van der Waals surface area contributed by atoms with Crippen LogP contribution in [0.2, 0.25) is 5.02 Å². The van der Waals surface area contributed by atoms with Crippen molar-refractivity contribution in [2.45, 2.75) is 32.4 Å². The maximum Gasteiger partial charge on any atom is 0.117 e. The molecule has 0 saturated heterocycles. The van der Waals surface area contributed by atoms with Gasteiger partial charge in [-0.2, -0.15) is 0 Å². The molecule has 1 aromatic carbocycles. The Morgan fingerprint density at radius 1 is 1.16 bits per heavy atom. The van der Waals surface area contributed by atoms with Crippen molar-refractivity contribution >= 4 is 11.6 Å². The number of hydrogen-bond donors (Lipinski definition) is 1. The van der Waals surface area contributed by atoms with Crippen molar-refractivity contribution in [3.8, 4) is 0 Å². The van der Waals surface area contributed by atoms with Gasteiger partial charge < -0.3 is 9.73 Å². The van der Waals surface area contributed by atoms with E-state index in [1.165, 1.54) is 12.0 Å². The molecular weight excluding hydrogens is 258 g/mol. The first-order chi connectivity index (χ1) is 9.22. The third kappa shape index (κ3) is 3.20. The summed E-state index contributed by atoms with van der Waals surface area (Å²) >= 11 is 5.86. The van der Waals surface area contributed by atoms with E-state index in [1.54, 1.807) is 0 Å². The molecule has 0 aliphatic heterocycles. The molecule has 2 atom stereocenters. The van der Waals surface area contributed by atoms with Gasteiger partial charge in [0.2, 0.25) is 0 Å². The summed E-state index contributed by atoms with van der Waals surface area (Å²) in [5, 5.41) is 4.16. The molecule has 0 amide bonds. The quantitative estimate of drug-likeness (QED) is 0.878. The van der Waals surface area contributed by atoms with Gasteiger partial charge in [-0.15, -0.1) is 0 Å². The van der Waals surface area contributed by atoms with Crippen LogP contribution in [-0.4, -0.2) is 0 Å². The van der Waals surface area contributed by atoms with E-state index in [0.29, 0.717) is 5.92 Å². The van der Waals surface area contributed by atoms with E-state index in [9.17, 15) is 0 Å². The Labute approximate surface area is 118 Å². The number of furan rings is 1. The van der Waals surface area contributed by atoms with Gasteiger partial charge in [-0.3, -0.25) is 0 Å². The van der Waals surface area contributed by atoms with E-state index in [0.717, 1.165) is 35.6 Å². The van der Waals surface area contributed by atoms with Gasteiger partial charge in [0.15, 0.2) is 0 Å². The summed E-state index contributed by atoms with van der Waals surface area (Å²) in [7, 11) is 0. The molecule has 3 rings (SSSR count). The molecule has 1 aliphatic rings. The van der Waals surface area contributed by atoms with Gasteiger partial charge in [0.25, 0.3) is 0 Å². The lowest BCUT2D eigenvalue weighted by Crippen LogP contribution is -2.11. The van der Waals surface area contributed by atoms with Crippen LogP contribution in [0.25, 0.3) is 0 Å². The van der Waals surface area contributed by atoms with Crippen LogP contribution in [0.3, 0.4) is 0 Å². The van der Waals surface area contributed by atoms with E-state index >= 15 is 0 Å². The molecule has 1 N–H and O–H groups in total. The maximum absolute atomic E-state index is 5.86. The second-order valence-corrected chi connectivity index (χ2v) is 5.79. The normalized spacial score (nSPS) is 21.6. The minimum Gasteiger partial charge on any atom is -0.464 e. The standard InChI is InChI=1S/C16H18ClNO/c1-11-8-15(11)16-7-6-14(19-16)10-18-9-12-2-4-13(17)5-3-12/h2-7,11,15,18H,8-10H2,1H3. The lowest BCUT2D eigenvalue weighted by molar-refractivity contribution is 0.444. The zero-order valence-corrected chi connectivity index (χ0v) is 11.8. The average molecular weight is 276 g/mol. The van der Waals surface area contributed by atoms with Crippen molar-refractivity contribution in [2.24, 2.45) is 5.92 Å². The molecule has 1 aromatic heterocycles. The number of benzene rings is 1. The third-order valence-corrected chi connectivity index (χ3v) is 3.95. The summed E-state index contributed by atoms with van der Waals surface area (Å²) in [6.07, 6.45) is 1.27. The maximum atomic E-state index is 5.86. The Balaban J connectivity index is 1.49. The van der Waals surface area contributed by atoms with Crippen LogP contribution >= 0.6 is 11.6 Å². The summed E-state index contributed by atoms with van der Waals surface area (Å²) < 4.78 is 5.85. The zero-order chi connectivity index (χ0) is 13.2. The molecule has 100 valence electrons. The van der Waals surface area contributed by atoms with Crippen molar-refractivity contribution < 1.29 is 4.42 Å². The first-order valence-electron chi connectivity index (χ1n) is 6.76. The molecule has 1 saturated carbocycles. The Hall–Kier alpha value is -1.25. The lowest BCUT2D eigenvalue weighted by Gasteiger charge is -2.03. The van der Waals surface area contributed by atoms with Gasteiger partial charge in [-0.25, -0.2) is 0 Å². The Bertz CT molecular complexity index is 546. The highest BCUT2D eigenvalue weighted by Gasteiger charge is 2.36. The molecule has 0 bridgehead atoms.